The molecule has 1 aliphatic heterocycles. The predicted molar refractivity (Wildman–Crippen MR) is 127 cm³/mol. The monoisotopic (exact) mass is 443 g/mol. The van der Waals surface area contributed by atoms with Crippen molar-refractivity contribution in [2.45, 2.75) is 97.4 Å². The summed E-state index contributed by atoms with van der Waals surface area (Å²) in [4.78, 5) is 4.14. The van der Waals surface area contributed by atoms with Crippen LogP contribution in [0.1, 0.15) is 83.6 Å². The van der Waals surface area contributed by atoms with Crippen molar-refractivity contribution in [3.63, 3.8) is 0 Å². The zero-order valence-electron chi connectivity index (χ0n) is 19.9. The minimum absolute atomic E-state index is 0.0731. The molecule has 0 N–H and O–H groups in total. The Morgan fingerprint density at radius 2 is 1.62 bits per heavy atom. The van der Waals surface area contributed by atoms with Gasteiger partial charge in [0.25, 0.3) is 5.95 Å². The fourth-order valence-corrected chi connectivity index (χ4v) is 3.85. The standard InChI is InChI=1S/C27H38FNO3/c1-4-6-8-9-10-12-18-30-22-16-14-21(15-17-22)23-19-20(3)25(26(28)29-23)32-27-24(31-27)13-11-7-5-2/h14-17,19,24,27H,4-13,18H2,1-3H3/t24-,27-/m0/s1. The number of halogens is 1. The number of unbranched alkanes of at least 4 members (excludes halogenated alkanes) is 7. The van der Waals surface area contributed by atoms with Crippen LogP contribution in [0.4, 0.5) is 4.39 Å². The summed E-state index contributed by atoms with van der Waals surface area (Å²) in [7, 11) is 0. The summed E-state index contributed by atoms with van der Waals surface area (Å²) in [5.41, 5.74) is 2.16. The highest BCUT2D eigenvalue weighted by molar-refractivity contribution is 5.62. The van der Waals surface area contributed by atoms with E-state index in [1.807, 2.05) is 37.3 Å². The summed E-state index contributed by atoms with van der Waals surface area (Å²) in [5.74, 6) is 0.432. The van der Waals surface area contributed by atoms with Crippen LogP contribution in [0.3, 0.4) is 0 Å². The molecule has 1 saturated heterocycles. The van der Waals surface area contributed by atoms with Crippen molar-refractivity contribution in [2.75, 3.05) is 6.61 Å². The molecule has 1 aromatic carbocycles. The van der Waals surface area contributed by atoms with E-state index in [0.29, 0.717) is 5.69 Å². The van der Waals surface area contributed by atoms with Gasteiger partial charge in [0.15, 0.2) is 5.75 Å². The van der Waals surface area contributed by atoms with E-state index in [1.165, 1.54) is 44.9 Å². The van der Waals surface area contributed by atoms with Gasteiger partial charge in [-0.3, -0.25) is 0 Å². The lowest BCUT2D eigenvalue weighted by atomic mass is 10.1. The first kappa shape index (κ1) is 24.5. The topological polar surface area (TPSA) is 43.9 Å². The van der Waals surface area contributed by atoms with E-state index in [4.69, 9.17) is 14.2 Å². The molecule has 0 amide bonds. The molecule has 176 valence electrons. The zero-order chi connectivity index (χ0) is 22.8. The molecule has 0 spiro atoms. The number of aryl methyl sites for hydroxylation is 1. The van der Waals surface area contributed by atoms with Gasteiger partial charge in [-0.05, 0) is 55.7 Å². The molecule has 2 aromatic rings. The van der Waals surface area contributed by atoms with E-state index in [-0.39, 0.29) is 18.1 Å². The van der Waals surface area contributed by atoms with Gasteiger partial charge >= 0.3 is 0 Å². The van der Waals surface area contributed by atoms with Crippen molar-refractivity contribution in [3.05, 3.63) is 41.8 Å². The maximum atomic E-state index is 14.7. The first-order valence-corrected chi connectivity index (χ1v) is 12.3. The molecule has 2 heterocycles. The lowest BCUT2D eigenvalue weighted by Crippen LogP contribution is -2.07. The Bertz CT molecular complexity index is 801. The smallest absolute Gasteiger partial charge is 0.256 e. The predicted octanol–water partition coefficient (Wildman–Crippen LogP) is 7.62. The molecule has 1 aromatic heterocycles. The number of aromatic nitrogens is 1. The van der Waals surface area contributed by atoms with E-state index >= 15 is 0 Å². The van der Waals surface area contributed by atoms with E-state index in [9.17, 15) is 4.39 Å². The van der Waals surface area contributed by atoms with Gasteiger partial charge in [0.05, 0.1) is 12.3 Å². The summed E-state index contributed by atoms with van der Waals surface area (Å²) < 4.78 is 31.8. The second-order valence-electron chi connectivity index (χ2n) is 8.74. The van der Waals surface area contributed by atoms with Gasteiger partial charge in [-0.25, -0.2) is 4.98 Å². The van der Waals surface area contributed by atoms with Gasteiger partial charge in [-0.15, -0.1) is 0 Å². The second kappa shape index (κ2) is 12.8. The molecule has 1 aliphatic rings. The zero-order valence-corrected chi connectivity index (χ0v) is 19.9. The molecule has 0 saturated carbocycles. The summed E-state index contributed by atoms with van der Waals surface area (Å²) >= 11 is 0. The Morgan fingerprint density at radius 1 is 0.938 bits per heavy atom. The average molecular weight is 444 g/mol. The number of benzene rings is 1. The number of nitrogens with zero attached hydrogens (tertiary/aromatic N) is 1. The van der Waals surface area contributed by atoms with Crippen LogP contribution in [-0.4, -0.2) is 24.0 Å². The summed E-state index contributed by atoms with van der Waals surface area (Å²) in [6.07, 6.45) is 11.6. The molecule has 3 rings (SSSR count). The Morgan fingerprint density at radius 3 is 2.34 bits per heavy atom. The normalized spacial score (nSPS) is 17.4. The minimum atomic E-state index is -0.591. The van der Waals surface area contributed by atoms with E-state index in [1.54, 1.807) is 0 Å². The maximum absolute atomic E-state index is 14.7. The first-order valence-electron chi connectivity index (χ1n) is 12.3. The summed E-state index contributed by atoms with van der Waals surface area (Å²) in [5, 5.41) is 0. The third kappa shape index (κ3) is 7.47. The fraction of sp³-hybridized carbons (Fsp3) is 0.593. The van der Waals surface area contributed by atoms with Crippen LogP contribution < -0.4 is 9.47 Å². The molecule has 5 heteroatoms. The van der Waals surface area contributed by atoms with Crippen LogP contribution in [0.5, 0.6) is 11.5 Å². The third-order valence-corrected chi connectivity index (χ3v) is 5.90. The Hall–Kier alpha value is -2.14. The summed E-state index contributed by atoms with van der Waals surface area (Å²) in [6.45, 7) is 6.97. The average Bonchev–Trinajstić information content (AvgIpc) is 3.54. The molecule has 1 fully saturated rings. The highest BCUT2D eigenvalue weighted by Crippen LogP contribution is 2.34. The van der Waals surface area contributed by atoms with E-state index in [2.05, 4.69) is 18.8 Å². The fourth-order valence-electron chi connectivity index (χ4n) is 3.85. The van der Waals surface area contributed by atoms with Crippen LogP contribution in [-0.2, 0) is 4.74 Å². The van der Waals surface area contributed by atoms with E-state index in [0.717, 1.165) is 42.7 Å². The first-order chi connectivity index (χ1) is 15.6. The van der Waals surface area contributed by atoms with Crippen molar-refractivity contribution in [3.8, 4) is 22.8 Å². The molecule has 32 heavy (non-hydrogen) atoms. The Kier molecular flexibility index (Phi) is 9.79. The van der Waals surface area contributed by atoms with Crippen LogP contribution in [0, 0.1) is 12.9 Å². The highest BCUT2D eigenvalue weighted by Gasteiger charge is 2.41. The van der Waals surface area contributed by atoms with Gasteiger partial charge in [-0.2, -0.15) is 4.39 Å². The molecular weight excluding hydrogens is 405 g/mol. The number of epoxide rings is 1. The molecule has 0 bridgehead atoms. The van der Waals surface area contributed by atoms with Crippen LogP contribution >= 0.6 is 0 Å². The second-order valence-corrected chi connectivity index (χ2v) is 8.74. The van der Waals surface area contributed by atoms with Gasteiger partial charge in [-0.1, -0.05) is 65.2 Å². The number of rotatable bonds is 15. The lowest BCUT2D eigenvalue weighted by Gasteiger charge is -2.11. The maximum Gasteiger partial charge on any atom is 0.256 e. The largest absolute Gasteiger partial charge is 0.494 e. The van der Waals surface area contributed by atoms with Gasteiger partial charge in [0.2, 0.25) is 6.29 Å². The lowest BCUT2D eigenvalue weighted by molar-refractivity contribution is 0.169. The van der Waals surface area contributed by atoms with Crippen molar-refractivity contribution < 1.29 is 18.6 Å². The van der Waals surface area contributed by atoms with Crippen LogP contribution in [0.25, 0.3) is 11.3 Å². The Balaban J connectivity index is 1.49. The minimum Gasteiger partial charge on any atom is -0.494 e. The molecular formula is C27H38FNO3. The number of hydrogen-bond donors (Lipinski definition) is 0. The van der Waals surface area contributed by atoms with Gasteiger partial charge in [0.1, 0.15) is 11.9 Å². The highest BCUT2D eigenvalue weighted by atomic mass is 19.1. The van der Waals surface area contributed by atoms with Crippen LogP contribution in [0.2, 0.25) is 0 Å². The van der Waals surface area contributed by atoms with Crippen molar-refractivity contribution in [1.29, 1.82) is 0 Å². The SMILES string of the molecule is CCCCCCCCOc1ccc(-c2cc(C)c(O[C@@H]3O[C@H]3CCCCC)c(F)n2)cc1. The summed E-state index contributed by atoms with van der Waals surface area (Å²) in [6, 6.07) is 9.55. The molecule has 2 atom stereocenters. The van der Waals surface area contributed by atoms with Crippen molar-refractivity contribution in [2.24, 2.45) is 0 Å². The molecule has 0 radical (unpaired) electrons. The van der Waals surface area contributed by atoms with Crippen LogP contribution in [0.15, 0.2) is 30.3 Å². The van der Waals surface area contributed by atoms with Gasteiger partial charge in [0, 0.05) is 5.56 Å². The molecule has 4 nitrogen and oxygen atoms in total. The van der Waals surface area contributed by atoms with E-state index < -0.39 is 5.95 Å². The van der Waals surface area contributed by atoms with Crippen molar-refractivity contribution in [1.82, 2.24) is 4.98 Å². The molecule has 0 aliphatic carbocycles. The van der Waals surface area contributed by atoms with Gasteiger partial charge < -0.3 is 14.2 Å². The van der Waals surface area contributed by atoms with Crippen molar-refractivity contribution >= 4 is 0 Å². The quantitative estimate of drug-likeness (QED) is 0.161. The number of ether oxygens (including phenoxy) is 3. The Labute approximate surface area is 192 Å². The third-order valence-electron chi connectivity index (χ3n) is 5.90. The number of pyridine rings is 1. The number of hydrogen-bond acceptors (Lipinski definition) is 4. The molecule has 0 unspecified atom stereocenters.